The minimum absolute atomic E-state index is 0.325. The molecule has 4 N–H and O–H groups in total. The molecule has 0 aromatic carbocycles. The van der Waals surface area contributed by atoms with E-state index in [0.717, 1.165) is 12.8 Å². The van der Waals surface area contributed by atoms with E-state index in [4.69, 9.17) is 11.5 Å². The molecule has 3 unspecified atom stereocenters. The molecule has 1 amide bonds. The number of carbonyl (C=O) groups excluding carboxylic acids is 1. The lowest BCUT2D eigenvalue weighted by molar-refractivity contribution is -0.120. The van der Waals surface area contributed by atoms with Gasteiger partial charge in [-0.15, -0.1) is 0 Å². The summed E-state index contributed by atoms with van der Waals surface area (Å²) >= 11 is 0. The van der Waals surface area contributed by atoms with Gasteiger partial charge in [0.05, 0.1) is 6.04 Å². The predicted molar refractivity (Wildman–Crippen MR) is 48.3 cm³/mol. The van der Waals surface area contributed by atoms with Crippen molar-refractivity contribution in [3.8, 4) is 0 Å². The molecular formula is C9H18N2O. The van der Waals surface area contributed by atoms with Crippen molar-refractivity contribution in [1.82, 2.24) is 0 Å². The maximum Gasteiger partial charge on any atom is 0.234 e. The standard InChI is InChI=1S/C9H18N2O/c1-6-3-2-4-7(5-6)8(10)9(11)12/h6-8H,2-5,10H2,1H3,(H2,11,12). The lowest BCUT2D eigenvalue weighted by Gasteiger charge is -2.29. The summed E-state index contributed by atoms with van der Waals surface area (Å²) in [7, 11) is 0. The van der Waals surface area contributed by atoms with Gasteiger partial charge in [0, 0.05) is 0 Å². The molecule has 0 heterocycles. The van der Waals surface area contributed by atoms with Crippen LogP contribution < -0.4 is 11.5 Å². The zero-order valence-corrected chi connectivity index (χ0v) is 7.62. The van der Waals surface area contributed by atoms with Crippen LogP contribution in [0.5, 0.6) is 0 Å². The van der Waals surface area contributed by atoms with Crippen molar-refractivity contribution >= 4 is 5.91 Å². The number of amides is 1. The summed E-state index contributed by atoms with van der Waals surface area (Å²) in [5.74, 6) is 0.675. The number of rotatable bonds is 2. The predicted octanol–water partition coefficient (Wildman–Crippen LogP) is 0.625. The molecule has 0 aliphatic heterocycles. The molecule has 0 bridgehead atoms. The maximum absolute atomic E-state index is 10.8. The van der Waals surface area contributed by atoms with E-state index < -0.39 is 6.04 Å². The van der Waals surface area contributed by atoms with E-state index in [1.54, 1.807) is 0 Å². The highest BCUT2D eigenvalue weighted by molar-refractivity contribution is 5.79. The monoisotopic (exact) mass is 170 g/mol. The molecule has 0 saturated heterocycles. The Hall–Kier alpha value is -0.570. The Morgan fingerprint density at radius 1 is 1.50 bits per heavy atom. The van der Waals surface area contributed by atoms with Crippen LogP contribution in [0.1, 0.15) is 32.6 Å². The van der Waals surface area contributed by atoms with Crippen LogP contribution in [-0.2, 0) is 4.79 Å². The maximum atomic E-state index is 10.8. The molecule has 1 aliphatic carbocycles. The van der Waals surface area contributed by atoms with Crippen molar-refractivity contribution in [1.29, 1.82) is 0 Å². The minimum atomic E-state index is -0.423. The van der Waals surface area contributed by atoms with E-state index in [-0.39, 0.29) is 5.91 Å². The highest BCUT2D eigenvalue weighted by atomic mass is 16.1. The molecule has 3 nitrogen and oxygen atoms in total. The van der Waals surface area contributed by atoms with Crippen LogP contribution in [-0.4, -0.2) is 11.9 Å². The average Bonchev–Trinajstić information content (AvgIpc) is 2.03. The second kappa shape index (κ2) is 3.90. The van der Waals surface area contributed by atoms with Gasteiger partial charge in [-0.3, -0.25) is 4.79 Å². The Morgan fingerprint density at radius 2 is 2.17 bits per heavy atom. The van der Waals surface area contributed by atoms with E-state index >= 15 is 0 Å². The topological polar surface area (TPSA) is 69.1 Å². The molecule has 3 heteroatoms. The molecule has 70 valence electrons. The number of hydrogen-bond acceptors (Lipinski definition) is 2. The Kier molecular flexibility index (Phi) is 3.09. The van der Waals surface area contributed by atoms with E-state index in [2.05, 4.69) is 6.92 Å². The summed E-state index contributed by atoms with van der Waals surface area (Å²) in [6, 6.07) is -0.423. The number of primary amides is 1. The van der Waals surface area contributed by atoms with Crippen molar-refractivity contribution in [3.63, 3.8) is 0 Å². The van der Waals surface area contributed by atoms with E-state index in [1.165, 1.54) is 12.8 Å². The first-order valence-corrected chi connectivity index (χ1v) is 4.66. The van der Waals surface area contributed by atoms with Crippen LogP contribution in [0.2, 0.25) is 0 Å². The molecule has 3 atom stereocenters. The minimum Gasteiger partial charge on any atom is -0.368 e. The second-order valence-corrected chi connectivity index (χ2v) is 3.96. The second-order valence-electron chi connectivity index (χ2n) is 3.96. The first-order chi connectivity index (χ1) is 5.61. The summed E-state index contributed by atoms with van der Waals surface area (Å²) < 4.78 is 0. The van der Waals surface area contributed by atoms with Gasteiger partial charge in [0.1, 0.15) is 0 Å². The quantitative estimate of drug-likeness (QED) is 0.638. The third kappa shape index (κ3) is 2.21. The van der Waals surface area contributed by atoms with E-state index in [1.807, 2.05) is 0 Å². The first kappa shape index (κ1) is 9.52. The molecule has 1 aliphatic rings. The molecule has 1 fully saturated rings. The molecule has 0 aromatic rings. The SMILES string of the molecule is CC1CCCC(C(N)C(N)=O)C1. The van der Waals surface area contributed by atoms with Crippen LogP contribution in [0.3, 0.4) is 0 Å². The fraction of sp³-hybridized carbons (Fsp3) is 0.889. The summed E-state index contributed by atoms with van der Waals surface area (Å²) in [5, 5.41) is 0. The fourth-order valence-electron chi connectivity index (χ4n) is 2.04. The van der Waals surface area contributed by atoms with Crippen LogP contribution in [0, 0.1) is 11.8 Å². The smallest absolute Gasteiger partial charge is 0.234 e. The third-order valence-corrected chi connectivity index (χ3v) is 2.81. The zero-order chi connectivity index (χ0) is 9.14. The lowest BCUT2D eigenvalue weighted by atomic mass is 9.79. The summed E-state index contributed by atoms with van der Waals surface area (Å²) in [5.41, 5.74) is 10.8. The molecule has 1 saturated carbocycles. The average molecular weight is 170 g/mol. The van der Waals surface area contributed by atoms with Gasteiger partial charge in [0.2, 0.25) is 5.91 Å². The molecule has 0 aromatic heterocycles. The van der Waals surface area contributed by atoms with Crippen LogP contribution in [0.15, 0.2) is 0 Å². The number of carbonyl (C=O) groups is 1. The highest BCUT2D eigenvalue weighted by Gasteiger charge is 2.27. The third-order valence-electron chi connectivity index (χ3n) is 2.81. The van der Waals surface area contributed by atoms with Gasteiger partial charge in [-0.2, -0.15) is 0 Å². The molecule has 0 radical (unpaired) electrons. The van der Waals surface area contributed by atoms with Crippen molar-refractivity contribution in [2.45, 2.75) is 38.6 Å². The van der Waals surface area contributed by atoms with Crippen molar-refractivity contribution in [2.24, 2.45) is 23.3 Å². The molecular weight excluding hydrogens is 152 g/mol. The van der Waals surface area contributed by atoms with Gasteiger partial charge in [0.25, 0.3) is 0 Å². The summed E-state index contributed by atoms with van der Waals surface area (Å²) in [6.45, 7) is 2.21. The van der Waals surface area contributed by atoms with Gasteiger partial charge >= 0.3 is 0 Å². The molecule has 12 heavy (non-hydrogen) atoms. The van der Waals surface area contributed by atoms with Crippen molar-refractivity contribution < 1.29 is 4.79 Å². The van der Waals surface area contributed by atoms with Crippen LogP contribution >= 0.6 is 0 Å². The Bertz CT molecular complexity index is 170. The fourth-order valence-corrected chi connectivity index (χ4v) is 2.04. The Balaban J connectivity index is 2.45. The largest absolute Gasteiger partial charge is 0.368 e. The van der Waals surface area contributed by atoms with Crippen LogP contribution in [0.4, 0.5) is 0 Å². The van der Waals surface area contributed by atoms with Crippen molar-refractivity contribution in [3.05, 3.63) is 0 Å². The normalized spacial score (nSPS) is 32.8. The Labute approximate surface area is 73.5 Å². The highest BCUT2D eigenvalue weighted by Crippen LogP contribution is 2.29. The van der Waals surface area contributed by atoms with Gasteiger partial charge in [-0.25, -0.2) is 0 Å². The first-order valence-electron chi connectivity index (χ1n) is 4.66. The van der Waals surface area contributed by atoms with Crippen LogP contribution in [0.25, 0.3) is 0 Å². The lowest BCUT2D eigenvalue weighted by Crippen LogP contribution is -2.44. The number of nitrogens with two attached hydrogens (primary N) is 2. The van der Waals surface area contributed by atoms with Crippen molar-refractivity contribution in [2.75, 3.05) is 0 Å². The summed E-state index contributed by atoms with van der Waals surface area (Å²) in [4.78, 5) is 10.8. The molecule has 0 spiro atoms. The molecule has 1 rings (SSSR count). The van der Waals surface area contributed by atoms with Gasteiger partial charge in [0.15, 0.2) is 0 Å². The van der Waals surface area contributed by atoms with E-state index in [9.17, 15) is 4.79 Å². The summed E-state index contributed by atoms with van der Waals surface area (Å²) in [6.07, 6.45) is 4.58. The zero-order valence-electron chi connectivity index (χ0n) is 7.62. The van der Waals surface area contributed by atoms with E-state index in [0.29, 0.717) is 11.8 Å². The van der Waals surface area contributed by atoms with Gasteiger partial charge < -0.3 is 11.5 Å². The number of hydrogen-bond donors (Lipinski definition) is 2. The van der Waals surface area contributed by atoms with Gasteiger partial charge in [-0.1, -0.05) is 19.8 Å². The Morgan fingerprint density at radius 3 is 2.67 bits per heavy atom. The van der Waals surface area contributed by atoms with Gasteiger partial charge in [-0.05, 0) is 24.7 Å².